The molecule has 0 unspecified atom stereocenters. The fourth-order valence-electron chi connectivity index (χ4n) is 1.88. The molecule has 0 radical (unpaired) electrons. The zero-order valence-corrected chi connectivity index (χ0v) is 13.4. The summed E-state index contributed by atoms with van der Waals surface area (Å²) in [6.45, 7) is 5.25. The first-order chi connectivity index (χ1) is 9.11. The van der Waals surface area contributed by atoms with Crippen LogP contribution in [0.4, 0.5) is 0 Å². The van der Waals surface area contributed by atoms with Crippen LogP contribution in [0.5, 0.6) is 0 Å². The standard InChI is InChI=1S/C15H23BrN2O/c1-12(2)8-5-3-4-6-10-18-15(19)13-9-7-11-17-14(13)16/h7,9,11-12H,3-6,8,10H2,1-2H3,(H,18,19). The molecule has 1 amide bonds. The number of hydrogen-bond donors (Lipinski definition) is 1. The number of halogens is 1. The lowest BCUT2D eigenvalue weighted by Crippen LogP contribution is -2.24. The van der Waals surface area contributed by atoms with Gasteiger partial charge < -0.3 is 5.32 Å². The lowest BCUT2D eigenvalue weighted by Gasteiger charge is -2.07. The highest BCUT2D eigenvalue weighted by molar-refractivity contribution is 9.10. The van der Waals surface area contributed by atoms with Crippen molar-refractivity contribution in [3.8, 4) is 0 Å². The van der Waals surface area contributed by atoms with Crippen LogP contribution < -0.4 is 5.32 Å². The predicted octanol–water partition coefficient (Wildman–Crippen LogP) is 4.18. The maximum atomic E-state index is 11.9. The van der Waals surface area contributed by atoms with Crippen LogP contribution in [-0.4, -0.2) is 17.4 Å². The quantitative estimate of drug-likeness (QED) is 0.575. The minimum Gasteiger partial charge on any atom is -0.352 e. The molecule has 4 heteroatoms. The van der Waals surface area contributed by atoms with Gasteiger partial charge in [0.05, 0.1) is 5.56 Å². The molecule has 106 valence electrons. The Morgan fingerprint density at radius 2 is 2.05 bits per heavy atom. The Hall–Kier alpha value is -0.900. The molecule has 0 atom stereocenters. The van der Waals surface area contributed by atoms with E-state index in [2.05, 4.69) is 40.1 Å². The van der Waals surface area contributed by atoms with Crippen LogP contribution in [-0.2, 0) is 0 Å². The number of nitrogens with one attached hydrogen (secondary N) is 1. The number of nitrogens with zero attached hydrogens (tertiary/aromatic N) is 1. The first kappa shape index (κ1) is 16.2. The van der Waals surface area contributed by atoms with Crippen LogP contribution in [0, 0.1) is 5.92 Å². The van der Waals surface area contributed by atoms with Crippen molar-refractivity contribution < 1.29 is 4.79 Å². The Bertz CT molecular complexity index is 393. The predicted molar refractivity (Wildman–Crippen MR) is 82.2 cm³/mol. The number of unbranched alkanes of at least 4 members (excludes halogenated alkanes) is 3. The number of pyridine rings is 1. The van der Waals surface area contributed by atoms with Crippen LogP contribution in [0.25, 0.3) is 0 Å². The Labute approximate surface area is 124 Å². The Balaban J connectivity index is 2.13. The van der Waals surface area contributed by atoms with E-state index in [0.717, 1.165) is 18.9 Å². The average molecular weight is 327 g/mol. The minimum atomic E-state index is -0.0536. The molecule has 0 bridgehead atoms. The number of rotatable bonds is 8. The van der Waals surface area contributed by atoms with E-state index >= 15 is 0 Å². The van der Waals surface area contributed by atoms with E-state index in [1.165, 1.54) is 25.7 Å². The van der Waals surface area contributed by atoms with Crippen LogP contribution >= 0.6 is 15.9 Å². The van der Waals surface area contributed by atoms with Gasteiger partial charge in [0.15, 0.2) is 0 Å². The molecule has 1 aromatic rings. The summed E-state index contributed by atoms with van der Waals surface area (Å²) >= 11 is 3.28. The van der Waals surface area contributed by atoms with Gasteiger partial charge in [0.2, 0.25) is 0 Å². The fraction of sp³-hybridized carbons (Fsp3) is 0.600. The summed E-state index contributed by atoms with van der Waals surface area (Å²) in [5.41, 5.74) is 0.599. The molecule has 0 aliphatic rings. The molecule has 19 heavy (non-hydrogen) atoms. The molecular weight excluding hydrogens is 304 g/mol. The Morgan fingerprint density at radius 1 is 1.32 bits per heavy atom. The molecule has 0 aliphatic carbocycles. The highest BCUT2D eigenvalue weighted by atomic mass is 79.9. The average Bonchev–Trinajstić information content (AvgIpc) is 2.37. The van der Waals surface area contributed by atoms with E-state index in [4.69, 9.17) is 0 Å². The maximum absolute atomic E-state index is 11.9. The molecule has 1 rings (SSSR count). The number of carbonyl (C=O) groups is 1. The largest absolute Gasteiger partial charge is 0.352 e. The van der Waals surface area contributed by atoms with Gasteiger partial charge in [-0.25, -0.2) is 4.98 Å². The topological polar surface area (TPSA) is 42.0 Å². The van der Waals surface area contributed by atoms with E-state index in [9.17, 15) is 4.79 Å². The molecule has 0 saturated carbocycles. The van der Waals surface area contributed by atoms with Crippen molar-refractivity contribution >= 4 is 21.8 Å². The van der Waals surface area contributed by atoms with Gasteiger partial charge in [0.25, 0.3) is 5.91 Å². The van der Waals surface area contributed by atoms with Gasteiger partial charge in [-0.3, -0.25) is 4.79 Å². The van der Waals surface area contributed by atoms with Crippen LogP contribution in [0.3, 0.4) is 0 Å². The third-order valence-corrected chi connectivity index (χ3v) is 3.63. The summed E-state index contributed by atoms with van der Waals surface area (Å²) in [5, 5.41) is 2.93. The zero-order valence-electron chi connectivity index (χ0n) is 11.8. The summed E-state index contributed by atoms with van der Waals surface area (Å²) in [6.07, 6.45) is 7.73. The SMILES string of the molecule is CC(C)CCCCCCNC(=O)c1cccnc1Br. The fourth-order valence-corrected chi connectivity index (χ4v) is 2.31. The van der Waals surface area contributed by atoms with Crippen LogP contribution in [0.1, 0.15) is 56.3 Å². The highest BCUT2D eigenvalue weighted by Gasteiger charge is 2.08. The van der Waals surface area contributed by atoms with Crippen LogP contribution in [0.15, 0.2) is 22.9 Å². The van der Waals surface area contributed by atoms with Gasteiger partial charge in [0, 0.05) is 12.7 Å². The summed E-state index contributed by atoms with van der Waals surface area (Å²) in [4.78, 5) is 15.9. The van der Waals surface area contributed by atoms with E-state index < -0.39 is 0 Å². The highest BCUT2D eigenvalue weighted by Crippen LogP contribution is 2.12. The zero-order chi connectivity index (χ0) is 14.1. The molecule has 1 aromatic heterocycles. The summed E-state index contributed by atoms with van der Waals surface area (Å²) in [7, 11) is 0. The number of carbonyl (C=O) groups excluding carboxylic acids is 1. The van der Waals surface area contributed by atoms with Crippen LogP contribution in [0.2, 0.25) is 0 Å². The van der Waals surface area contributed by atoms with Gasteiger partial charge >= 0.3 is 0 Å². The molecule has 0 saturated heterocycles. The van der Waals surface area contributed by atoms with Gasteiger partial charge in [-0.05, 0) is 40.4 Å². The van der Waals surface area contributed by atoms with Crippen molar-refractivity contribution in [3.05, 3.63) is 28.5 Å². The number of hydrogen-bond acceptors (Lipinski definition) is 2. The molecule has 0 spiro atoms. The molecular formula is C15H23BrN2O. The Morgan fingerprint density at radius 3 is 2.74 bits per heavy atom. The van der Waals surface area contributed by atoms with Crippen molar-refractivity contribution in [1.82, 2.24) is 10.3 Å². The van der Waals surface area contributed by atoms with E-state index in [0.29, 0.717) is 10.2 Å². The molecule has 1 N–H and O–H groups in total. The van der Waals surface area contributed by atoms with Gasteiger partial charge in [-0.2, -0.15) is 0 Å². The molecule has 3 nitrogen and oxygen atoms in total. The number of amides is 1. The monoisotopic (exact) mass is 326 g/mol. The second-order valence-electron chi connectivity index (χ2n) is 5.19. The lowest BCUT2D eigenvalue weighted by atomic mass is 10.0. The maximum Gasteiger partial charge on any atom is 0.254 e. The second-order valence-corrected chi connectivity index (χ2v) is 5.95. The number of aromatic nitrogens is 1. The van der Waals surface area contributed by atoms with Crippen molar-refractivity contribution in [2.75, 3.05) is 6.54 Å². The first-order valence-electron chi connectivity index (χ1n) is 7.00. The molecule has 1 heterocycles. The normalized spacial score (nSPS) is 10.7. The summed E-state index contributed by atoms with van der Waals surface area (Å²) in [6, 6.07) is 3.54. The minimum absolute atomic E-state index is 0.0536. The van der Waals surface area contributed by atoms with Gasteiger partial charge in [-0.1, -0.05) is 39.5 Å². The second kappa shape index (κ2) is 9.08. The first-order valence-corrected chi connectivity index (χ1v) is 7.79. The Kier molecular flexibility index (Phi) is 7.72. The lowest BCUT2D eigenvalue weighted by molar-refractivity contribution is 0.0951. The van der Waals surface area contributed by atoms with E-state index in [1.807, 2.05) is 0 Å². The summed E-state index contributed by atoms with van der Waals surface area (Å²) < 4.78 is 0.601. The molecule has 0 aromatic carbocycles. The smallest absolute Gasteiger partial charge is 0.254 e. The van der Waals surface area contributed by atoms with Crippen molar-refractivity contribution in [2.45, 2.75) is 46.0 Å². The van der Waals surface area contributed by atoms with Crippen molar-refractivity contribution in [2.24, 2.45) is 5.92 Å². The van der Waals surface area contributed by atoms with E-state index in [-0.39, 0.29) is 5.91 Å². The van der Waals surface area contributed by atoms with Crippen molar-refractivity contribution in [1.29, 1.82) is 0 Å². The molecule has 0 aliphatic heterocycles. The van der Waals surface area contributed by atoms with Crippen molar-refractivity contribution in [3.63, 3.8) is 0 Å². The van der Waals surface area contributed by atoms with Gasteiger partial charge in [0.1, 0.15) is 4.60 Å². The van der Waals surface area contributed by atoms with E-state index in [1.54, 1.807) is 18.3 Å². The summed E-state index contributed by atoms with van der Waals surface area (Å²) in [5.74, 6) is 0.741. The third-order valence-electron chi connectivity index (χ3n) is 3.00. The molecule has 0 fully saturated rings. The third kappa shape index (κ3) is 6.71. The van der Waals surface area contributed by atoms with Gasteiger partial charge in [-0.15, -0.1) is 0 Å².